The maximum absolute atomic E-state index is 12.0. The lowest BCUT2D eigenvalue weighted by molar-refractivity contribution is 0.0954. The Kier molecular flexibility index (Phi) is 5.30. The van der Waals surface area contributed by atoms with E-state index in [0.717, 1.165) is 11.4 Å². The molecule has 0 aliphatic carbocycles. The second kappa shape index (κ2) is 7.43. The van der Waals surface area contributed by atoms with Crippen LogP contribution in [0, 0.1) is 11.8 Å². The summed E-state index contributed by atoms with van der Waals surface area (Å²) in [6.07, 6.45) is 2.48. The highest BCUT2D eigenvalue weighted by molar-refractivity contribution is 7.09. The third kappa shape index (κ3) is 4.19. The maximum Gasteiger partial charge on any atom is 0.251 e. The van der Waals surface area contributed by atoms with Crippen molar-refractivity contribution in [1.29, 1.82) is 0 Å². The Labute approximate surface area is 121 Å². The van der Waals surface area contributed by atoms with Gasteiger partial charge in [0.25, 0.3) is 5.91 Å². The summed E-state index contributed by atoms with van der Waals surface area (Å²) in [6, 6.07) is 7.02. The van der Waals surface area contributed by atoms with Crippen LogP contribution in [-0.2, 0) is 6.42 Å². The van der Waals surface area contributed by atoms with Crippen LogP contribution in [0.4, 0.5) is 0 Å². The zero-order valence-corrected chi connectivity index (χ0v) is 11.6. The van der Waals surface area contributed by atoms with E-state index in [2.05, 4.69) is 22.1 Å². The molecule has 0 fully saturated rings. The fourth-order valence-electron chi connectivity index (χ4n) is 1.64. The summed E-state index contributed by atoms with van der Waals surface area (Å²) in [7, 11) is 0. The highest BCUT2D eigenvalue weighted by Crippen LogP contribution is 2.06. The van der Waals surface area contributed by atoms with Crippen molar-refractivity contribution in [3.63, 3.8) is 0 Å². The number of thiazole rings is 1. The summed E-state index contributed by atoms with van der Waals surface area (Å²) in [4.78, 5) is 16.1. The Bertz CT molecular complexity index is 627. The third-order valence-corrected chi connectivity index (χ3v) is 3.38. The summed E-state index contributed by atoms with van der Waals surface area (Å²) in [6.45, 7) is 0.364. The molecule has 0 aliphatic rings. The van der Waals surface area contributed by atoms with E-state index in [4.69, 9.17) is 5.11 Å². The van der Waals surface area contributed by atoms with Gasteiger partial charge in [0.1, 0.15) is 6.61 Å². The van der Waals surface area contributed by atoms with Crippen molar-refractivity contribution >= 4 is 17.2 Å². The van der Waals surface area contributed by atoms with E-state index in [1.807, 2.05) is 5.38 Å². The molecule has 0 unspecified atom stereocenters. The molecule has 20 heavy (non-hydrogen) atoms. The van der Waals surface area contributed by atoms with Crippen LogP contribution in [-0.4, -0.2) is 29.1 Å². The lowest BCUT2D eigenvalue weighted by atomic mass is 10.1. The van der Waals surface area contributed by atoms with Crippen LogP contribution in [0.3, 0.4) is 0 Å². The molecule has 5 heteroatoms. The molecular weight excluding hydrogens is 272 g/mol. The van der Waals surface area contributed by atoms with E-state index in [1.54, 1.807) is 41.8 Å². The number of hydrogen-bond donors (Lipinski definition) is 2. The van der Waals surface area contributed by atoms with Gasteiger partial charge in [0.05, 0.1) is 5.01 Å². The fraction of sp³-hybridized carbons (Fsp3) is 0.200. The molecule has 1 heterocycles. The topological polar surface area (TPSA) is 62.2 Å². The van der Waals surface area contributed by atoms with Crippen molar-refractivity contribution in [3.05, 3.63) is 52.0 Å². The monoisotopic (exact) mass is 286 g/mol. The second-order valence-electron chi connectivity index (χ2n) is 3.97. The van der Waals surface area contributed by atoms with Gasteiger partial charge in [-0.1, -0.05) is 17.9 Å². The molecule has 0 aliphatic heterocycles. The molecule has 0 saturated carbocycles. The lowest BCUT2D eigenvalue weighted by Crippen LogP contribution is -2.25. The molecule has 0 radical (unpaired) electrons. The molecule has 0 bridgehead atoms. The van der Waals surface area contributed by atoms with Gasteiger partial charge in [0.15, 0.2) is 0 Å². The molecule has 0 atom stereocenters. The average molecular weight is 286 g/mol. The van der Waals surface area contributed by atoms with Crippen molar-refractivity contribution in [2.45, 2.75) is 6.42 Å². The predicted octanol–water partition coefficient (Wildman–Crippen LogP) is 1.46. The van der Waals surface area contributed by atoms with Crippen molar-refractivity contribution < 1.29 is 9.90 Å². The van der Waals surface area contributed by atoms with Crippen LogP contribution in [0.1, 0.15) is 20.9 Å². The number of nitrogens with one attached hydrogen (secondary N) is 1. The molecule has 0 saturated heterocycles. The van der Waals surface area contributed by atoms with Gasteiger partial charge < -0.3 is 10.4 Å². The normalized spacial score (nSPS) is 9.65. The number of hydrogen-bond acceptors (Lipinski definition) is 4. The van der Waals surface area contributed by atoms with Gasteiger partial charge in [0.2, 0.25) is 0 Å². The lowest BCUT2D eigenvalue weighted by Gasteiger charge is -2.04. The first kappa shape index (κ1) is 14.3. The number of rotatable bonds is 4. The van der Waals surface area contributed by atoms with Crippen molar-refractivity contribution in [2.75, 3.05) is 13.2 Å². The number of carbonyl (C=O) groups is 1. The Balaban J connectivity index is 1.91. The van der Waals surface area contributed by atoms with E-state index in [9.17, 15) is 4.79 Å². The quantitative estimate of drug-likeness (QED) is 0.837. The second-order valence-corrected chi connectivity index (χ2v) is 4.95. The van der Waals surface area contributed by atoms with Gasteiger partial charge in [-0.25, -0.2) is 4.98 Å². The van der Waals surface area contributed by atoms with Crippen molar-refractivity contribution in [3.8, 4) is 11.8 Å². The van der Waals surface area contributed by atoms with Crippen LogP contribution in [0.15, 0.2) is 35.8 Å². The first-order chi connectivity index (χ1) is 9.79. The molecule has 2 rings (SSSR count). The first-order valence-corrected chi connectivity index (χ1v) is 7.04. The number of aliphatic hydroxyl groups is 1. The highest BCUT2D eigenvalue weighted by atomic mass is 32.1. The van der Waals surface area contributed by atoms with E-state index in [1.165, 1.54) is 0 Å². The third-order valence-electron chi connectivity index (χ3n) is 2.54. The first-order valence-electron chi connectivity index (χ1n) is 6.16. The molecule has 0 spiro atoms. The molecule has 1 amide bonds. The number of carbonyl (C=O) groups excluding carboxylic acids is 1. The summed E-state index contributed by atoms with van der Waals surface area (Å²) >= 11 is 1.58. The minimum absolute atomic E-state index is 0.130. The molecule has 1 aromatic carbocycles. The van der Waals surface area contributed by atoms with Crippen LogP contribution in [0.25, 0.3) is 0 Å². The van der Waals surface area contributed by atoms with Gasteiger partial charge in [0, 0.05) is 35.7 Å². The van der Waals surface area contributed by atoms with Crippen LogP contribution in [0.5, 0.6) is 0 Å². The van der Waals surface area contributed by atoms with E-state index >= 15 is 0 Å². The van der Waals surface area contributed by atoms with Crippen molar-refractivity contribution in [1.82, 2.24) is 10.3 Å². The Morgan fingerprint density at radius 2 is 2.35 bits per heavy atom. The Hall–Kier alpha value is -2.16. The van der Waals surface area contributed by atoms with E-state index < -0.39 is 0 Å². The van der Waals surface area contributed by atoms with Crippen LogP contribution in [0.2, 0.25) is 0 Å². The van der Waals surface area contributed by atoms with Crippen LogP contribution < -0.4 is 5.32 Å². The van der Waals surface area contributed by atoms with E-state index in [0.29, 0.717) is 17.7 Å². The smallest absolute Gasteiger partial charge is 0.251 e. The van der Waals surface area contributed by atoms with Crippen molar-refractivity contribution in [2.24, 2.45) is 0 Å². The fourth-order valence-corrected chi connectivity index (χ4v) is 2.26. The van der Waals surface area contributed by atoms with Gasteiger partial charge >= 0.3 is 0 Å². The predicted molar refractivity (Wildman–Crippen MR) is 78.6 cm³/mol. The summed E-state index contributed by atoms with van der Waals surface area (Å²) in [5, 5.41) is 14.4. The van der Waals surface area contributed by atoms with Gasteiger partial charge in [-0.05, 0) is 18.2 Å². The maximum atomic E-state index is 12.0. The Morgan fingerprint density at radius 1 is 1.45 bits per heavy atom. The van der Waals surface area contributed by atoms with Gasteiger partial charge in [-0.2, -0.15) is 0 Å². The molecule has 102 valence electrons. The minimum atomic E-state index is -0.190. The number of aromatic nitrogens is 1. The highest BCUT2D eigenvalue weighted by Gasteiger charge is 2.05. The Morgan fingerprint density at radius 3 is 3.10 bits per heavy atom. The average Bonchev–Trinajstić information content (AvgIpc) is 2.98. The molecule has 2 aromatic rings. The van der Waals surface area contributed by atoms with Gasteiger partial charge in [-0.3, -0.25) is 4.79 Å². The molecule has 2 N–H and O–H groups in total. The van der Waals surface area contributed by atoms with E-state index in [-0.39, 0.29) is 12.5 Å². The van der Waals surface area contributed by atoms with Gasteiger partial charge in [-0.15, -0.1) is 11.3 Å². The van der Waals surface area contributed by atoms with Crippen LogP contribution >= 0.6 is 11.3 Å². The largest absolute Gasteiger partial charge is 0.384 e. The number of aliphatic hydroxyl groups excluding tert-OH is 1. The summed E-state index contributed by atoms with van der Waals surface area (Å²) in [5.41, 5.74) is 1.28. The zero-order chi connectivity index (χ0) is 14.2. The number of amides is 1. The zero-order valence-electron chi connectivity index (χ0n) is 10.8. The molecular formula is C15H14N2O2S. The summed E-state index contributed by atoms with van der Waals surface area (Å²) in [5.74, 6) is 5.21. The molecule has 4 nitrogen and oxygen atoms in total. The summed E-state index contributed by atoms with van der Waals surface area (Å²) < 4.78 is 0. The molecule has 1 aromatic heterocycles. The SMILES string of the molecule is O=C(NCCc1nccs1)c1cccc(C#CCO)c1. The minimum Gasteiger partial charge on any atom is -0.384 e. The standard InChI is InChI=1S/C15H14N2O2S/c18-9-2-4-12-3-1-5-13(11-12)15(19)17-7-6-14-16-8-10-20-14/h1,3,5,8,10-11,18H,6-7,9H2,(H,17,19). The number of benzene rings is 1. The number of nitrogens with zero attached hydrogens (tertiary/aromatic N) is 1.